The van der Waals surface area contributed by atoms with E-state index >= 15 is 0 Å². The van der Waals surface area contributed by atoms with Crippen LogP contribution < -0.4 is 0 Å². The van der Waals surface area contributed by atoms with Gasteiger partial charge in [-0.05, 0) is 31.0 Å². The third kappa shape index (κ3) is 3.93. The van der Waals surface area contributed by atoms with E-state index in [0.717, 1.165) is 12.1 Å². The van der Waals surface area contributed by atoms with Gasteiger partial charge in [-0.1, -0.05) is 13.0 Å². The molecule has 0 heterocycles. The predicted molar refractivity (Wildman–Crippen MR) is 68.1 cm³/mol. The molecule has 0 N–H and O–H groups in total. The van der Waals surface area contributed by atoms with Gasteiger partial charge in [0.2, 0.25) is 6.43 Å². The second-order valence-corrected chi connectivity index (χ2v) is 6.97. The van der Waals surface area contributed by atoms with Crippen LogP contribution in [0.1, 0.15) is 31.4 Å². The minimum atomic E-state index is -4.88. The van der Waals surface area contributed by atoms with Crippen LogP contribution in [0, 0.1) is 0 Å². The second kappa shape index (κ2) is 6.29. The molecule has 0 fully saturated rings. The number of sulfone groups is 1. The average Bonchev–Trinajstić information content (AvgIpc) is 2.35. The maximum absolute atomic E-state index is 12.9. The third-order valence-electron chi connectivity index (χ3n) is 3.21. The zero-order valence-corrected chi connectivity index (χ0v) is 12.2. The van der Waals surface area contributed by atoms with Crippen LogP contribution in [0.25, 0.3) is 0 Å². The highest BCUT2D eigenvalue weighted by Crippen LogP contribution is 2.36. The van der Waals surface area contributed by atoms with E-state index < -0.39 is 50.1 Å². The summed E-state index contributed by atoms with van der Waals surface area (Å²) in [4.78, 5) is -0.660. The molecule has 2 nitrogen and oxygen atoms in total. The summed E-state index contributed by atoms with van der Waals surface area (Å²) in [5, 5.41) is -0.947. The first-order valence-electron chi connectivity index (χ1n) is 6.23. The molecule has 1 aromatic carbocycles. The largest absolute Gasteiger partial charge is 0.416 e. The van der Waals surface area contributed by atoms with Gasteiger partial charge in [-0.25, -0.2) is 17.2 Å². The molecule has 0 aliphatic heterocycles. The Morgan fingerprint density at radius 1 is 1.19 bits per heavy atom. The van der Waals surface area contributed by atoms with Crippen molar-refractivity contribution >= 4 is 9.84 Å². The zero-order valence-electron chi connectivity index (χ0n) is 11.4. The van der Waals surface area contributed by atoms with E-state index in [1.165, 1.54) is 6.92 Å². The number of benzene rings is 1. The van der Waals surface area contributed by atoms with Crippen molar-refractivity contribution in [3.05, 3.63) is 29.3 Å². The number of hydrogen-bond donors (Lipinski definition) is 0. The Morgan fingerprint density at radius 2 is 1.76 bits per heavy atom. The summed E-state index contributed by atoms with van der Waals surface area (Å²) in [6.45, 7) is 2.89. The van der Waals surface area contributed by atoms with Crippen LogP contribution in [0.5, 0.6) is 0 Å². The Morgan fingerprint density at radius 3 is 2.19 bits per heavy atom. The van der Waals surface area contributed by atoms with Gasteiger partial charge in [0.15, 0.2) is 9.84 Å². The maximum atomic E-state index is 12.9. The molecular weight excluding hydrogens is 315 g/mol. The molecule has 21 heavy (non-hydrogen) atoms. The predicted octanol–water partition coefficient (Wildman–Crippen LogP) is 4.09. The number of hydrogen-bond acceptors (Lipinski definition) is 2. The highest BCUT2D eigenvalue weighted by molar-refractivity contribution is 7.92. The number of alkyl halides is 5. The van der Waals surface area contributed by atoms with Gasteiger partial charge in [0.25, 0.3) is 0 Å². The van der Waals surface area contributed by atoms with Gasteiger partial charge in [0, 0.05) is 6.42 Å². The van der Waals surface area contributed by atoms with Gasteiger partial charge in [0.05, 0.1) is 15.7 Å². The van der Waals surface area contributed by atoms with Crippen LogP contribution in [0.3, 0.4) is 0 Å². The summed E-state index contributed by atoms with van der Waals surface area (Å²) in [7, 11) is -4.08. The lowest BCUT2D eigenvalue weighted by Gasteiger charge is -2.19. The van der Waals surface area contributed by atoms with Crippen molar-refractivity contribution in [3.8, 4) is 0 Å². The van der Waals surface area contributed by atoms with Crippen LogP contribution in [0.4, 0.5) is 22.0 Å². The molecule has 120 valence electrons. The van der Waals surface area contributed by atoms with Crippen LogP contribution in [-0.2, 0) is 22.4 Å². The molecule has 0 saturated heterocycles. The molecule has 0 bridgehead atoms. The summed E-state index contributed by atoms with van der Waals surface area (Å²) >= 11 is 0. The third-order valence-corrected chi connectivity index (χ3v) is 5.60. The van der Waals surface area contributed by atoms with Gasteiger partial charge in [-0.15, -0.1) is 0 Å². The van der Waals surface area contributed by atoms with Crippen molar-refractivity contribution in [2.75, 3.05) is 0 Å². The van der Waals surface area contributed by atoms with Gasteiger partial charge in [-0.2, -0.15) is 13.2 Å². The molecule has 1 atom stereocenters. The van der Waals surface area contributed by atoms with Crippen LogP contribution in [0.15, 0.2) is 23.1 Å². The van der Waals surface area contributed by atoms with E-state index in [9.17, 15) is 30.4 Å². The van der Waals surface area contributed by atoms with E-state index in [1.807, 2.05) is 0 Å². The van der Waals surface area contributed by atoms with Gasteiger partial charge < -0.3 is 0 Å². The molecule has 8 heteroatoms. The Bertz CT molecular complexity index is 593. The first kappa shape index (κ1) is 17.9. The topological polar surface area (TPSA) is 34.1 Å². The highest BCUT2D eigenvalue weighted by Gasteiger charge is 2.37. The standard InChI is InChI=1S/C13H15F5O2S/c1-3-8(2)21(19,20)11-6-4-5-10(13(16,17)18)9(11)7-12(14)15/h4-6,8,12H,3,7H2,1-2H3. The van der Waals surface area contributed by atoms with Crippen molar-refractivity contribution in [2.45, 2.75) is 49.4 Å². The van der Waals surface area contributed by atoms with E-state index in [4.69, 9.17) is 0 Å². The molecule has 0 aliphatic rings. The lowest BCUT2D eigenvalue weighted by molar-refractivity contribution is -0.138. The smallest absolute Gasteiger partial charge is 0.223 e. The van der Waals surface area contributed by atoms with E-state index in [-0.39, 0.29) is 6.42 Å². The maximum Gasteiger partial charge on any atom is 0.416 e. The summed E-state index contributed by atoms with van der Waals surface area (Å²) in [6.07, 6.45) is -9.03. The molecule has 1 rings (SSSR count). The van der Waals surface area contributed by atoms with Crippen LogP contribution in [0.2, 0.25) is 0 Å². The van der Waals surface area contributed by atoms with Crippen molar-refractivity contribution in [2.24, 2.45) is 0 Å². The Kier molecular flexibility index (Phi) is 5.35. The molecule has 1 unspecified atom stereocenters. The van der Waals surface area contributed by atoms with E-state index in [2.05, 4.69) is 0 Å². The summed E-state index contributed by atoms with van der Waals surface area (Å²) in [5.74, 6) is 0. The van der Waals surface area contributed by atoms with Gasteiger partial charge >= 0.3 is 6.18 Å². The fraction of sp³-hybridized carbons (Fsp3) is 0.538. The summed E-state index contributed by atoms with van der Waals surface area (Å²) in [5.41, 5.74) is -2.19. The van der Waals surface area contributed by atoms with Crippen LogP contribution >= 0.6 is 0 Å². The van der Waals surface area contributed by atoms with Crippen molar-refractivity contribution < 1.29 is 30.4 Å². The molecular formula is C13H15F5O2S. The zero-order chi connectivity index (χ0) is 16.4. The monoisotopic (exact) mass is 330 g/mol. The Hall–Kier alpha value is -1.18. The molecule has 0 aromatic heterocycles. The minimum absolute atomic E-state index is 0.173. The van der Waals surface area contributed by atoms with E-state index in [1.54, 1.807) is 6.92 Å². The lowest BCUT2D eigenvalue weighted by Crippen LogP contribution is -2.22. The lowest BCUT2D eigenvalue weighted by atomic mass is 10.0. The van der Waals surface area contributed by atoms with Crippen molar-refractivity contribution in [3.63, 3.8) is 0 Å². The molecule has 0 spiro atoms. The Labute approximate surface area is 119 Å². The highest BCUT2D eigenvalue weighted by atomic mass is 32.2. The quantitative estimate of drug-likeness (QED) is 0.762. The first-order chi connectivity index (χ1) is 9.51. The van der Waals surface area contributed by atoms with Gasteiger partial charge in [-0.3, -0.25) is 0 Å². The fourth-order valence-corrected chi connectivity index (χ4v) is 3.58. The normalized spacial score (nSPS) is 14.5. The summed E-state index contributed by atoms with van der Waals surface area (Å²) < 4.78 is 88.4. The average molecular weight is 330 g/mol. The summed E-state index contributed by atoms with van der Waals surface area (Å²) in [6, 6.07) is 2.49. The number of halogens is 5. The molecule has 0 aliphatic carbocycles. The number of rotatable bonds is 5. The van der Waals surface area contributed by atoms with Crippen molar-refractivity contribution in [1.29, 1.82) is 0 Å². The van der Waals surface area contributed by atoms with E-state index in [0.29, 0.717) is 6.07 Å². The Balaban J connectivity index is 3.60. The molecule has 0 saturated carbocycles. The molecule has 1 aromatic rings. The second-order valence-electron chi connectivity index (χ2n) is 4.64. The van der Waals surface area contributed by atoms with Gasteiger partial charge in [0.1, 0.15) is 0 Å². The molecule has 0 radical (unpaired) electrons. The fourth-order valence-electron chi connectivity index (χ4n) is 1.90. The minimum Gasteiger partial charge on any atom is -0.223 e. The van der Waals surface area contributed by atoms with Crippen molar-refractivity contribution in [1.82, 2.24) is 0 Å². The molecule has 0 amide bonds. The van der Waals surface area contributed by atoms with Crippen LogP contribution in [-0.4, -0.2) is 20.1 Å². The SMILES string of the molecule is CCC(C)S(=O)(=O)c1cccc(C(F)(F)F)c1CC(F)F. The first-order valence-corrected chi connectivity index (χ1v) is 7.77.